The number of anilines is 1. The Bertz CT molecular complexity index is 824. The maximum atomic E-state index is 14.6. The second-order valence-electron chi connectivity index (χ2n) is 6.86. The summed E-state index contributed by atoms with van der Waals surface area (Å²) in [7, 11) is 0. The molecule has 2 aromatic carbocycles. The molecule has 0 aliphatic carbocycles. The maximum absolute atomic E-state index is 14.6. The second kappa shape index (κ2) is 7.68. The Balaban J connectivity index is 1.37. The Morgan fingerprint density at radius 3 is 2.77 bits per heavy atom. The Hall–Kier alpha value is -2.69. The van der Waals surface area contributed by atoms with E-state index in [1.54, 1.807) is 12.3 Å². The first-order valence-corrected chi connectivity index (χ1v) is 9.14. The third-order valence-electron chi connectivity index (χ3n) is 5.22. The van der Waals surface area contributed by atoms with Gasteiger partial charge in [0, 0.05) is 24.7 Å². The summed E-state index contributed by atoms with van der Waals surface area (Å²) in [6.45, 7) is 1.84. The first-order valence-electron chi connectivity index (χ1n) is 9.14. The highest BCUT2D eigenvalue weighted by molar-refractivity contribution is 5.49. The predicted octanol–water partition coefficient (Wildman–Crippen LogP) is 3.91. The van der Waals surface area contributed by atoms with E-state index >= 15 is 0 Å². The number of nitrogens with zero attached hydrogens (tertiary/aromatic N) is 3. The van der Waals surface area contributed by atoms with Crippen LogP contribution in [-0.4, -0.2) is 28.5 Å². The normalized spacial score (nSPS) is 15.3. The molecule has 1 aliphatic heterocycles. The van der Waals surface area contributed by atoms with E-state index in [1.165, 1.54) is 5.56 Å². The molecule has 1 aliphatic rings. The quantitative estimate of drug-likeness (QED) is 0.759. The Kier molecular flexibility index (Phi) is 4.95. The summed E-state index contributed by atoms with van der Waals surface area (Å²) >= 11 is 0. The number of hydrogen-bond donors (Lipinski definition) is 1. The lowest BCUT2D eigenvalue weighted by Crippen LogP contribution is -2.33. The topological polar surface area (TPSA) is 44.8 Å². The van der Waals surface area contributed by atoms with Crippen LogP contribution in [0.25, 0.3) is 0 Å². The summed E-state index contributed by atoms with van der Waals surface area (Å²) in [5, 5.41) is 10.6. The molecular formula is C21H22FN4. The lowest BCUT2D eigenvalue weighted by Gasteiger charge is -2.33. The van der Waals surface area contributed by atoms with Crippen LogP contribution in [0, 0.1) is 11.9 Å². The van der Waals surface area contributed by atoms with Crippen molar-refractivity contribution in [3.8, 4) is 0 Å². The molecule has 3 aromatic rings. The van der Waals surface area contributed by atoms with Gasteiger partial charge in [0.25, 0.3) is 0 Å². The average molecular weight is 349 g/mol. The first-order chi connectivity index (χ1) is 12.8. The zero-order valence-electron chi connectivity index (χ0n) is 14.7. The van der Waals surface area contributed by atoms with Gasteiger partial charge in [-0.25, -0.2) is 4.39 Å². The molecule has 0 atom stereocenters. The summed E-state index contributed by atoms with van der Waals surface area (Å²) < 4.78 is 14.6. The molecule has 0 amide bonds. The summed E-state index contributed by atoms with van der Waals surface area (Å²) in [6, 6.07) is 16.6. The fourth-order valence-corrected chi connectivity index (χ4v) is 3.65. The van der Waals surface area contributed by atoms with Crippen molar-refractivity contribution in [2.75, 3.05) is 18.0 Å². The standard InChI is InChI=1S/C21H22FN4/c22-20-14-19(9-8-17(20)7-6-16-4-2-1-3-5-16)26-12-10-18(11-13-26)21-15-23-25-24-21/h1-2,4-5,8-9,14-15,18H,6-7,10-13H2,(H,23,24,25). The van der Waals surface area contributed by atoms with Crippen molar-refractivity contribution >= 4 is 5.69 Å². The third kappa shape index (κ3) is 3.77. The lowest BCUT2D eigenvalue weighted by molar-refractivity contribution is 0.494. The van der Waals surface area contributed by atoms with Gasteiger partial charge < -0.3 is 4.90 Å². The van der Waals surface area contributed by atoms with E-state index < -0.39 is 0 Å². The number of aromatic amines is 1. The van der Waals surface area contributed by atoms with E-state index in [2.05, 4.69) is 32.4 Å². The fraction of sp³-hybridized carbons (Fsp3) is 0.333. The zero-order valence-corrected chi connectivity index (χ0v) is 14.7. The molecule has 1 N–H and O–H groups in total. The van der Waals surface area contributed by atoms with Crippen LogP contribution < -0.4 is 4.90 Å². The van der Waals surface area contributed by atoms with Gasteiger partial charge in [-0.15, -0.1) is 5.10 Å². The largest absolute Gasteiger partial charge is 0.371 e. The van der Waals surface area contributed by atoms with Crippen molar-refractivity contribution in [3.05, 3.63) is 77.4 Å². The molecule has 1 aromatic heterocycles. The molecule has 2 heterocycles. The van der Waals surface area contributed by atoms with E-state index in [0.29, 0.717) is 12.3 Å². The highest BCUT2D eigenvalue weighted by atomic mass is 19.1. The van der Waals surface area contributed by atoms with E-state index in [0.717, 1.165) is 49.3 Å². The van der Waals surface area contributed by atoms with Gasteiger partial charge in [-0.3, -0.25) is 5.10 Å². The van der Waals surface area contributed by atoms with E-state index in [-0.39, 0.29) is 5.82 Å². The van der Waals surface area contributed by atoms with E-state index in [4.69, 9.17) is 0 Å². The molecule has 0 unspecified atom stereocenters. The molecule has 4 rings (SSSR count). The molecule has 26 heavy (non-hydrogen) atoms. The van der Waals surface area contributed by atoms with Crippen LogP contribution in [0.5, 0.6) is 0 Å². The van der Waals surface area contributed by atoms with Gasteiger partial charge >= 0.3 is 0 Å². The van der Waals surface area contributed by atoms with Gasteiger partial charge in [0.2, 0.25) is 0 Å². The second-order valence-corrected chi connectivity index (χ2v) is 6.86. The molecule has 1 saturated heterocycles. The number of aromatic nitrogens is 3. The molecule has 5 heteroatoms. The molecule has 133 valence electrons. The van der Waals surface area contributed by atoms with E-state index in [9.17, 15) is 4.39 Å². The van der Waals surface area contributed by atoms with Crippen LogP contribution >= 0.6 is 0 Å². The number of H-pyrrole nitrogens is 1. The van der Waals surface area contributed by atoms with Gasteiger partial charge in [0.15, 0.2) is 0 Å². The van der Waals surface area contributed by atoms with Crippen LogP contribution in [0.1, 0.15) is 35.6 Å². The van der Waals surface area contributed by atoms with Crippen molar-refractivity contribution in [3.63, 3.8) is 0 Å². The third-order valence-corrected chi connectivity index (χ3v) is 5.22. The van der Waals surface area contributed by atoms with Crippen molar-refractivity contribution in [1.29, 1.82) is 0 Å². The monoisotopic (exact) mass is 349 g/mol. The zero-order chi connectivity index (χ0) is 17.8. The molecule has 1 radical (unpaired) electrons. The number of rotatable bonds is 5. The highest BCUT2D eigenvalue weighted by Crippen LogP contribution is 2.29. The Morgan fingerprint density at radius 1 is 1.19 bits per heavy atom. The summed E-state index contributed by atoms with van der Waals surface area (Å²) in [5.74, 6) is 0.357. The highest BCUT2D eigenvalue weighted by Gasteiger charge is 2.22. The fourth-order valence-electron chi connectivity index (χ4n) is 3.65. The van der Waals surface area contributed by atoms with Gasteiger partial charge in [-0.1, -0.05) is 35.5 Å². The molecule has 0 saturated carbocycles. The minimum Gasteiger partial charge on any atom is -0.371 e. The molecular weight excluding hydrogens is 327 g/mol. The Morgan fingerprint density at radius 2 is 2.08 bits per heavy atom. The van der Waals surface area contributed by atoms with Crippen LogP contribution in [0.15, 0.2) is 48.7 Å². The van der Waals surface area contributed by atoms with Crippen molar-refractivity contribution in [2.45, 2.75) is 31.6 Å². The summed E-state index contributed by atoms with van der Waals surface area (Å²) in [4.78, 5) is 2.26. The number of nitrogens with one attached hydrogen (secondary N) is 1. The number of piperidine rings is 1. The van der Waals surface area contributed by atoms with Crippen LogP contribution in [0.2, 0.25) is 0 Å². The molecule has 0 bridgehead atoms. The SMILES string of the molecule is Fc1cc(N2CCC(c3cnn[nH]3)CC2)ccc1CCc1c[c]ccc1. The van der Waals surface area contributed by atoms with E-state index in [1.807, 2.05) is 30.3 Å². The van der Waals surface area contributed by atoms with Gasteiger partial charge in [0.05, 0.1) is 11.9 Å². The first kappa shape index (κ1) is 16.8. The average Bonchev–Trinajstić information content (AvgIpc) is 3.23. The van der Waals surface area contributed by atoms with Crippen molar-refractivity contribution < 1.29 is 4.39 Å². The summed E-state index contributed by atoms with van der Waals surface area (Å²) in [5.41, 5.74) is 4.03. The number of benzene rings is 2. The minimum absolute atomic E-state index is 0.109. The van der Waals surface area contributed by atoms with Gasteiger partial charge in [0.1, 0.15) is 5.82 Å². The minimum atomic E-state index is -0.109. The van der Waals surface area contributed by atoms with Crippen LogP contribution in [0.3, 0.4) is 0 Å². The van der Waals surface area contributed by atoms with Crippen LogP contribution in [-0.2, 0) is 12.8 Å². The molecule has 1 fully saturated rings. The van der Waals surface area contributed by atoms with Crippen molar-refractivity contribution in [2.24, 2.45) is 0 Å². The van der Waals surface area contributed by atoms with Gasteiger partial charge in [-0.05, 0) is 55.0 Å². The Labute approximate surface area is 153 Å². The van der Waals surface area contributed by atoms with Crippen molar-refractivity contribution in [1.82, 2.24) is 15.4 Å². The summed E-state index contributed by atoms with van der Waals surface area (Å²) in [6.07, 6.45) is 5.39. The number of aryl methyl sites for hydroxylation is 2. The lowest BCUT2D eigenvalue weighted by atomic mass is 9.93. The number of halogens is 1. The van der Waals surface area contributed by atoms with Crippen LogP contribution in [0.4, 0.5) is 10.1 Å². The smallest absolute Gasteiger partial charge is 0.128 e. The number of hydrogen-bond acceptors (Lipinski definition) is 3. The molecule has 4 nitrogen and oxygen atoms in total. The van der Waals surface area contributed by atoms with Gasteiger partial charge in [-0.2, -0.15) is 0 Å². The molecule has 0 spiro atoms. The maximum Gasteiger partial charge on any atom is 0.128 e. The predicted molar refractivity (Wildman–Crippen MR) is 99.7 cm³/mol.